The molecule has 0 aliphatic carbocycles. The second kappa shape index (κ2) is 9.82. The van der Waals surface area contributed by atoms with Gasteiger partial charge in [0.15, 0.2) is 11.2 Å². The van der Waals surface area contributed by atoms with E-state index in [0.717, 1.165) is 30.6 Å². The van der Waals surface area contributed by atoms with Crippen LogP contribution in [0.5, 0.6) is 5.75 Å². The summed E-state index contributed by atoms with van der Waals surface area (Å²) >= 11 is 0. The van der Waals surface area contributed by atoms with Crippen molar-refractivity contribution in [3.05, 3.63) is 105 Å². The highest BCUT2D eigenvalue weighted by Gasteiger charge is 2.43. The summed E-state index contributed by atoms with van der Waals surface area (Å²) in [6, 6.07) is 20.6. The summed E-state index contributed by atoms with van der Waals surface area (Å²) in [5.41, 5.74) is 2.34. The van der Waals surface area contributed by atoms with Crippen molar-refractivity contribution in [1.82, 2.24) is 0 Å². The van der Waals surface area contributed by atoms with Crippen LogP contribution in [0, 0.1) is 0 Å². The molecule has 0 N–H and O–H groups in total. The second-order valence-corrected chi connectivity index (χ2v) is 8.98. The molecule has 6 nitrogen and oxygen atoms in total. The van der Waals surface area contributed by atoms with Gasteiger partial charge in [-0.05, 0) is 67.4 Å². The zero-order valence-electron chi connectivity index (χ0n) is 20.3. The van der Waals surface area contributed by atoms with Crippen LogP contribution in [0.4, 0.5) is 5.69 Å². The quantitative estimate of drug-likeness (QED) is 0.218. The Morgan fingerprint density at radius 1 is 0.944 bits per heavy atom. The molecular weight excluding hydrogens is 454 g/mol. The summed E-state index contributed by atoms with van der Waals surface area (Å²) in [4.78, 5) is 40.6. The summed E-state index contributed by atoms with van der Waals surface area (Å²) in [7, 11) is 0. The molecule has 0 saturated carbocycles. The van der Waals surface area contributed by atoms with Crippen LogP contribution in [-0.4, -0.2) is 18.3 Å². The molecule has 36 heavy (non-hydrogen) atoms. The van der Waals surface area contributed by atoms with Crippen LogP contribution in [0.2, 0.25) is 0 Å². The largest absolute Gasteiger partial charge is 0.494 e. The Balaban J connectivity index is 1.60. The van der Waals surface area contributed by atoms with E-state index in [4.69, 9.17) is 9.15 Å². The van der Waals surface area contributed by atoms with E-state index in [0.29, 0.717) is 34.4 Å². The number of carbonyl (C=O) groups is 2. The monoisotopic (exact) mass is 481 g/mol. The summed E-state index contributed by atoms with van der Waals surface area (Å²) in [5.74, 6) is 0.321. The average Bonchev–Trinajstić information content (AvgIpc) is 3.19. The third-order valence-corrected chi connectivity index (χ3v) is 6.54. The molecule has 182 valence electrons. The minimum absolute atomic E-state index is 0.0410. The number of unbranched alkanes of at least 4 members (excludes halogenated alkanes) is 2. The number of amides is 1. The van der Waals surface area contributed by atoms with Crippen molar-refractivity contribution in [1.29, 1.82) is 0 Å². The van der Waals surface area contributed by atoms with Crippen LogP contribution in [0.15, 0.2) is 82.0 Å². The first kappa shape index (κ1) is 23.5. The molecule has 4 aromatic rings. The standard InChI is InChI=1S/C30H27NO5/c1-3-4-7-18-35-23-16-12-21(13-17-23)27-26-28(33)24-8-5-6-9-25(24)36-29(26)30(34)31(27)22-14-10-20(11-15-22)19(2)32/h5-6,8-17,27H,3-4,7,18H2,1-2H3. The first-order valence-electron chi connectivity index (χ1n) is 12.2. The molecule has 6 heteroatoms. The lowest BCUT2D eigenvalue weighted by Crippen LogP contribution is -2.29. The van der Waals surface area contributed by atoms with Crippen LogP contribution < -0.4 is 15.1 Å². The van der Waals surface area contributed by atoms with Gasteiger partial charge in [0.25, 0.3) is 5.91 Å². The highest BCUT2D eigenvalue weighted by atomic mass is 16.5. The van der Waals surface area contributed by atoms with Gasteiger partial charge >= 0.3 is 0 Å². The van der Waals surface area contributed by atoms with Crippen LogP contribution in [-0.2, 0) is 0 Å². The zero-order valence-corrected chi connectivity index (χ0v) is 20.3. The van der Waals surface area contributed by atoms with Crippen LogP contribution in [0.1, 0.15) is 71.2 Å². The minimum Gasteiger partial charge on any atom is -0.494 e. The summed E-state index contributed by atoms with van der Waals surface area (Å²) < 4.78 is 11.8. The third-order valence-electron chi connectivity index (χ3n) is 6.54. The molecule has 0 fully saturated rings. The molecule has 1 atom stereocenters. The fourth-order valence-corrected chi connectivity index (χ4v) is 4.65. The number of fused-ring (bicyclic) bond motifs is 2. The summed E-state index contributed by atoms with van der Waals surface area (Å²) in [6.45, 7) is 4.28. The number of nitrogens with zero attached hydrogens (tertiary/aromatic N) is 1. The van der Waals surface area contributed by atoms with E-state index in [9.17, 15) is 14.4 Å². The normalized spacial score (nSPS) is 14.8. The minimum atomic E-state index is -0.675. The highest BCUT2D eigenvalue weighted by Crippen LogP contribution is 2.41. The predicted octanol–water partition coefficient (Wildman–Crippen LogP) is 6.31. The van der Waals surface area contributed by atoms with E-state index in [1.807, 2.05) is 24.3 Å². The number of ketones is 1. The summed E-state index contributed by atoms with van der Waals surface area (Å²) in [6.07, 6.45) is 3.22. The van der Waals surface area contributed by atoms with Gasteiger partial charge in [0.1, 0.15) is 11.3 Å². The highest BCUT2D eigenvalue weighted by molar-refractivity contribution is 6.10. The second-order valence-electron chi connectivity index (χ2n) is 8.98. The van der Waals surface area contributed by atoms with Gasteiger partial charge in [0.2, 0.25) is 5.76 Å². The Kier molecular flexibility index (Phi) is 6.42. The Morgan fingerprint density at radius 2 is 1.67 bits per heavy atom. The van der Waals surface area contributed by atoms with Crippen LogP contribution >= 0.6 is 0 Å². The Bertz CT molecular complexity index is 1490. The fourth-order valence-electron chi connectivity index (χ4n) is 4.65. The van der Waals surface area contributed by atoms with Crippen molar-refractivity contribution < 1.29 is 18.7 Å². The van der Waals surface area contributed by atoms with Crippen molar-refractivity contribution in [2.45, 2.75) is 39.2 Å². The zero-order chi connectivity index (χ0) is 25.2. The number of para-hydroxylation sites is 1. The maximum absolute atomic E-state index is 13.7. The molecule has 1 unspecified atom stereocenters. The van der Waals surface area contributed by atoms with Gasteiger partial charge in [-0.2, -0.15) is 0 Å². The van der Waals surface area contributed by atoms with E-state index in [1.165, 1.54) is 6.92 Å². The first-order valence-corrected chi connectivity index (χ1v) is 12.2. The number of carbonyl (C=O) groups excluding carboxylic acids is 2. The number of hydrogen-bond donors (Lipinski definition) is 0. The van der Waals surface area contributed by atoms with Crippen molar-refractivity contribution >= 4 is 28.3 Å². The maximum Gasteiger partial charge on any atom is 0.295 e. The molecule has 0 radical (unpaired) electrons. The Labute approximate surface area is 209 Å². The van der Waals surface area contributed by atoms with Crippen molar-refractivity contribution in [2.75, 3.05) is 11.5 Å². The molecule has 2 heterocycles. The van der Waals surface area contributed by atoms with E-state index in [1.54, 1.807) is 53.4 Å². The van der Waals surface area contributed by atoms with Gasteiger partial charge < -0.3 is 9.15 Å². The number of rotatable bonds is 8. The van der Waals surface area contributed by atoms with E-state index in [-0.39, 0.29) is 17.0 Å². The van der Waals surface area contributed by atoms with Gasteiger partial charge in [-0.3, -0.25) is 19.3 Å². The molecule has 1 aliphatic heterocycles. The molecule has 1 amide bonds. The van der Waals surface area contributed by atoms with Gasteiger partial charge in [-0.1, -0.05) is 44.0 Å². The van der Waals surface area contributed by atoms with E-state index >= 15 is 0 Å². The number of hydrogen-bond acceptors (Lipinski definition) is 5. The van der Waals surface area contributed by atoms with E-state index in [2.05, 4.69) is 6.92 Å². The molecular formula is C30H27NO5. The van der Waals surface area contributed by atoms with Crippen LogP contribution in [0.3, 0.4) is 0 Å². The average molecular weight is 482 g/mol. The molecule has 0 saturated heterocycles. The van der Waals surface area contributed by atoms with Gasteiger partial charge in [0, 0.05) is 11.3 Å². The van der Waals surface area contributed by atoms with Gasteiger partial charge in [-0.25, -0.2) is 0 Å². The Morgan fingerprint density at radius 3 is 2.36 bits per heavy atom. The predicted molar refractivity (Wildman–Crippen MR) is 139 cm³/mol. The third kappa shape index (κ3) is 4.19. The van der Waals surface area contributed by atoms with Gasteiger partial charge in [0.05, 0.1) is 23.6 Å². The molecule has 1 aromatic heterocycles. The van der Waals surface area contributed by atoms with Crippen molar-refractivity contribution in [3.8, 4) is 5.75 Å². The lowest BCUT2D eigenvalue weighted by Gasteiger charge is -2.25. The number of Topliss-reactive ketones (excluding diaryl/α,β-unsaturated/α-hetero) is 1. The molecule has 0 spiro atoms. The smallest absolute Gasteiger partial charge is 0.295 e. The fraction of sp³-hybridized carbons (Fsp3) is 0.233. The number of benzene rings is 3. The van der Waals surface area contributed by atoms with Gasteiger partial charge in [-0.15, -0.1) is 0 Å². The Hall–Kier alpha value is -4.19. The lowest BCUT2D eigenvalue weighted by molar-refractivity contribution is 0.0970. The van der Waals surface area contributed by atoms with Crippen molar-refractivity contribution in [3.63, 3.8) is 0 Å². The lowest BCUT2D eigenvalue weighted by atomic mass is 9.98. The molecule has 5 rings (SSSR count). The van der Waals surface area contributed by atoms with E-state index < -0.39 is 11.9 Å². The van der Waals surface area contributed by atoms with Crippen LogP contribution in [0.25, 0.3) is 11.0 Å². The summed E-state index contributed by atoms with van der Waals surface area (Å²) in [5, 5.41) is 0.429. The first-order chi connectivity index (χ1) is 17.5. The number of ether oxygens (including phenoxy) is 1. The maximum atomic E-state index is 13.7. The molecule has 3 aromatic carbocycles. The molecule has 1 aliphatic rings. The topological polar surface area (TPSA) is 76.8 Å². The number of anilines is 1. The SMILES string of the molecule is CCCCCOc1ccc(C2c3c(oc4ccccc4c3=O)C(=O)N2c2ccc(C(C)=O)cc2)cc1. The molecule has 0 bridgehead atoms. The van der Waals surface area contributed by atoms with Crippen molar-refractivity contribution in [2.24, 2.45) is 0 Å².